The van der Waals surface area contributed by atoms with Gasteiger partial charge in [0, 0.05) is 19.1 Å². The molecule has 0 aromatic carbocycles. The molecule has 0 aliphatic heterocycles. The summed E-state index contributed by atoms with van der Waals surface area (Å²) in [6.07, 6.45) is 6.40. The second kappa shape index (κ2) is 7.64. The van der Waals surface area contributed by atoms with Crippen LogP contribution in [0.25, 0.3) is 0 Å². The summed E-state index contributed by atoms with van der Waals surface area (Å²) < 4.78 is 0. The highest BCUT2D eigenvalue weighted by atomic mass is 15.1. The second-order valence-electron chi connectivity index (χ2n) is 7.37. The Kier molecular flexibility index (Phi) is 6.82. The Labute approximate surface area is 121 Å². The number of nitrogens with zero attached hydrogens (tertiary/aromatic N) is 1. The van der Waals surface area contributed by atoms with Gasteiger partial charge in [-0.1, -0.05) is 47.5 Å². The van der Waals surface area contributed by atoms with E-state index < -0.39 is 0 Å². The predicted octanol–water partition coefficient (Wildman–Crippen LogP) is 3.90. The molecule has 0 aromatic heterocycles. The van der Waals surface area contributed by atoms with Crippen LogP contribution in [0.5, 0.6) is 0 Å². The SMILES string of the molecule is CCC(CC)CN(CC)CC1CC(C)(C)CCC1N. The van der Waals surface area contributed by atoms with E-state index in [-0.39, 0.29) is 0 Å². The Balaban J connectivity index is 2.53. The Morgan fingerprint density at radius 3 is 2.37 bits per heavy atom. The lowest BCUT2D eigenvalue weighted by Crippen LogP contribution is -2.46. The molecule has 1 saturated carbocycles. The molecule has 1 rings (SSSR count). The third kappa shape index (κ3) is 5.43. The molecule has 2 unspecified atom stereocenters. The van der Waals surface area contributed by atoms with E-state index in [2.05, 4.69) is 39.5 Å². The maximum absolute atomic E-state index is 6.37. The van der Waals surface area contributed by atoms with Crippen molar-refractivity contribution in [1.29, 1.82) is 0 Å². The van der Waals surface area contributed by atoms with Crippen LogP contribution in [0.1, 0.15) is 66.7 Å². The van der Waals surface area contributed by atoms with Crippen LogP contribution in [-0.2, 0) is 0 Å². The summed E-state index contributed by atoms with van der Waals surface area (Å²) in [5.74, 6) is 1.55. The van der Waals surface area contributed by atoms with E-state index in [9.17, 15) is 0 Å². The minimum atomic E-state index is 0.420. The summed E-state index contributed by atoms with van der Waals surface area (Å²) in [6.45, 7) is 15.4. The summed E-state index contributed by atoms with van der Waals surface area (Å²) >= 11 is 0. The van der Waals surface area contributed by atoms with Gasteiger partial charge in [-0.2, -0.15) is 0 Å². The molecule has 19 heavy (non-hydrogen) atoms. The van der Waals surface area contributed by atoms with Crippen LogP contribution in [0.15, 0.2) is 0 Å². The van der Waals surface area contributed by atoms with Crippen molar-refractivity contribution in [2.24, 2.45) is 23.0 Å². The van der Waals surface area contributed by atoms with Gasteiger partial charge in [0.2, 0.25) is 0 Å². The highest BCUT2D eigenvalue weighted by Crippen LogP contribution is 2.38. The van der Waals surface area contributed by atoms with Gasteiger partial charge in [0.25, 0.3) is 0 Å². The average Bonchev–Trinajstić information content (AvgIpc) is 2.38. The molecule has 1 fully saturated rings. The summed E-state index contributed by atoms with van der Waals surface area (Å²) in [7, 11) is 0. The van der Waals surface area contributed by atoms with Gasteiger partial charge in [-0.25, -0.2) is 0 Å². The molecule has 2 nitrogen and oxygen atoms in total. The lowest BCUT2D eigenvalue weighted by Gasteiger charge is -2.41. The standard InChI is InChI=1S/C17H36N2/c1-6-14(7-2)12-19(8-3)13-15-11-17(4,5)10-9-16(15)18/h14-16H,6-13,18H2,1-5H3. The first-order chi connectivity index (χ1) is 8.91. The molecule has 0 radical (unpaired) electrons. The van der Waals surface area contributed by atoms with E-state index in [1.807, 2.05) is 0 Å². The summed E-state index contributed by atoms with van der Waals surface area (Å²) in [5.41, 5.74) is 6.87. The first kappa shape index (κ1) is 17.0. The number of hydrogen-bond donors (Lipinski definition) is 1. The van der Waals surface area contributed by atoms with E-state index >= 15 is 0 Å². The van der Waals surface area contributed by atoms with E-state index in [1.54, 1.807) is 0 Å². The monoisotopic (exact) mass is 268 g/mol. The van der Waals surface area contributed by atoms with Crippen LogP contribution in [-0.4, -0.2) is 30.6 Å². The minimum Gasteiger partial charge on any atom is -0.327 e. The maximum Gasteiger partial charge on any atom is 0.00797 e. The van der Waals surface area contributed by atoms with Crippen molar-refractivity contribution in [3.05, 3.63) is 0 Å². The van der Waals surface area contributed by atoms with Crippen molar-refractivity contribution in [3.8, 4) is 0 Å². The fraction of sp³-hybridized carbons (Fsp3) is 1.00. The van der Waals surface area contributed by atoms with Gasteiger partial charge in [-0.05, 0) is 43.1 Å². The van der Waals surface area contributed by atoms with Crippen LogP contribution >= 0.6 is 0 Å². The number of nitrogens with two attached hydrogens (primary N) is 1. The summed E-state index contributed by atoms with van der Waals surface area (Å²) in [4.78, 5) is 2.64. The molecule has 0 aromatic rings. The average molecular weight is 268 g/mol. The van der Waals surface area contributed by atoms with E-state index in [0.29, 0.717) is 17.4 Å². The normalized spacial score (nSPS) is 27.2. The molecule has 1 aliphatic rings. The largest absolute Gasteiger partial charge is 0.327 e. The van der Waals surface area contributed by atoms with Crippen molar-refractivity contribution in [2.75, 3.05) is 19.6 Å². The molecule has 114 valence electrons. The number of rotatable bonds is 7. The van der Waals surface area contributed by atoms with E-state index in [1.165, 1.54) is 51.7 Å². The van der Waals surface area contributed by atoms with Crippen LogP contribution in [0.4, 0.5) is 0 Å². The fourth-order valence-corrected chi connectivity index (χ4v) is 3.53. The van der Waals surface area contributed by atoms with Crippen LogP contribution in [0.3, 0.4) is 0 Å². The van der Waals surface area contributed by atoms with Gasteiger partial charge in [0.1, 0.15) is 0 Å². The first-order valence-corrected chi connectivity index (χ1v) is 8.39. The Hall–Kier alpha value is -0.0800. The Morgan fingerprint density at radius 2 is 1.84 bits per heavy atom. The topological polar surface area (TPSA) is 29.3 Å². The zero-order chi connectivity index (χ0) is 14.5. The quantitative estimate of drug-likeness (QED) is 0.759. The smallest absolute Gasteiger partial charge is 0.00797 e. The highest BCUT2D eigenvalue weighted by Gasteiger charge is 2.33. The molecular formula is C17H36N2. The lowest BCUT2D eigenvalue weighted by atomic mass is 9.70. The van der Waals surface area contributed by atoms with Gasteiger partial charge in [-0.15, -0.1) is 0 Å². The third-order valence-electron chi connectivity index (χ3n) is 5.19. The van der Waals surface area contributed by atoms with Gasteiger partial charge in [-0.3, -0.25) is 0 Å². The lowest BCUT2D eigenvalue weighted by molar-refractivity contribution is 0.108. The zero-order valence-corrected chi connectivity index (χ0v) is 13.9. The Morgan fingerprint density at radius 1 is 1.21 bits per heavy atom. The molecule has 2 N–H and O–H groups in total. The molecule has 0 heterocycles. The third-order valence-corrected chi connectivity index (χ3v) is 5.19. The van der Waals surface area contributed by atoms with E-state index in [0.717, 1.165) is 5.92 Å². The van der Waals surface area contributed by atoms with Crippen molar-refractivity contribution < 1.29 is 0 Å². The number of hydrogen-bond acceptors (Lipinski definition) is 2. The molecular weight excluding hydrogens is 232 g/mol. The minimum absolute atomic E-state index is 0.420. The Bertz CT molecular complexity index is 246. The van der Waals surface area contributed by atoms with Crippen LogP contribution < -0.4 is 5.73 Å². The van der Waals surface area contributed by atoms with Crippen molar-refractivity contribution >= 4 is 0 Å². The van der Waals surface area contributed by atoms with E-state index in [4.69, 9.17) is 5.73 Å². The van der Waals surface area contributed by atoms with Crippen LogP contribution in [0.2, 0.25) is 0 Å². The second-order valence-corrected chi connectivity index (χ2v) is 7.37. The van der Waals surface area contributed by atoms with Gasteiger partial charge >= 0.3 is 0 Å². The first-order valence-electron chi connectivity index (χ1n) is 8.39. The summed E-state index contributed by atoms with van der Waals surface area (Å²) in [5, 5.41) is 0. The molecule has 2 heteroatoms. The van der Waals surface area contributed by atoms with Gasteiger partial charge in [0.15, 0.2) is 0 Å². The van der Waals surface area contributed by atoms with Crippen molar-refractivity contribution in [1.82, 2.24) is 4.90 Å². The molecule has 0 spiro atoms. The molecule has 1 aliphatic carbocycles. The van der Waals surface area contributed by atoms with Crippen molar-refractivity contribution in [3.63, 3.8) is 0 Å². The van der Waals surface area contributed by atoms with Gasteiger partial charge in [0.05, 0.1) is 0 Å². The molecule has 0 saturated heterocycles. The molecule has 2 atom stereocenters. The van der Waals surface area contributed by atoms with Gasteiger partial charge < -0.3 is 10.6 Å². The highest BCUT2D eigenvalue weighted by molar-refractivity contribution is 4.88. The maximum atomic E-state index is 6.37. The molecule has 0 bridgehead atoms. The summed E-state index contributed by atoms with van der Waals surface area (Å²) in [6, 6.07) is 0.420. The zero-order valence-electron chi connectivity index (χ0n) is 13.9. The van der Waals surface area contributed by atoms with Crippen LogP contribution in [0, 0.1) is 17.3 Å². The predicted molar refractivity (Wildman–Crippen MR) is 85.3 cm³/mol. The molecule has 0 amide bonds. The van der Waals surface area contributed by atoms with Crippen molar-refractivity contribution in [2.45, 2.75) is 72.8 Å². The fourth-order valence-electron chi connectivity index (χ4n) is 3.53.